The van der Waals surface area contributed by atoms with Crippen molar-refractivity contribution in [3.05, 3.63) is 41.6 Å². The number of carbonyl (C=O) groups excluding carboxylic acids is 1. The van der Waals surface area contributed by atoms with Crippen LogP contribution in [0.5, 0.6) is 5.75 Å². The van der Waals surface area contributed by atoms with E-state index in [1.807, 2.05) is 25.1 Å². The fourth-order valence-corrected chi connectivity index (χ4v) is 1.95. The van der Waals surface area contributed by atoms with Gasteiger partial charge in [-0.2, -0.15) is 0 Å². The van der Waals surface area contributed by atoms with Gasteiger partial charge in [0.05, 0.1) is 25.5 Å². The number of benzene rings is 1. The molecule has 0 fully saturated rings. The Labute approximate surface area is 122 Å². The molecule has 6 nitrogen and oxygen atoms in total. The zero-order valence-electron chi connectivity index (χ0n) is 12.1. The van der Waals surface area contributed by atoms with Gasteiger partial charge in [0.25, 0.3) is 0 Å². The predicted molar refractivity (Wildman–Crippen MR) is 81.0 cm³/mol. The number of nitrogens with one attached hydrogen (secondary N) is 1. The normalized spacial score (nSPS) is 10.0. The van der Waals surface area contributed by atoms with Gasteiger partial charge in [-0.15, -0.1) is 0 Å². The van der Waals surface area contributed by atoms with Crippen molar-refractivity contribution >= 4 is 23.2 Å². The molecule has 0 amide bonds. The standard InChI is InChI=1S/C15H17N3O3/c1-9-8-10(4-5-12(9)20-2)18-14-13(16)11(6-7-17-14)15(19)21-3/h4-8H,16H2,1-3H3,(H,17,18). The molecule has 0 bridgehead atoms. The molecule has 110 valence electrons. The summed E-state index contributed by atoms with van der Waals surface area (Å²) >= 11 is 0. The number of rotatable bonds is 4. The monoisotopic (exact) mass is 287 g/mol. The van der Waals surface area contributed by atoms with Crippen molar-refractivity contribution in [2.75, 3.05) is 25.3 Å². The summed E-state index contributed by atoms with van der Waals surface area (Å²) in [6.45, 7) is 1.94. The SMILES string of the molecule is COC(=O)c1ccnc(Nc2ccc(OC)c(C)c2)c1N. The summed E-state index contributed by atoms with van der Waals surface area (Å²) < 4.78 is 9.89. The molecule has 0 radical (unpaired) electrons. The van der Waals surface area contributed by atoms with Crippen molar-refractivity contribution in [1.29, 1.82) is 0 Å². The molecule has 0 spiro atoms. The highest BCUT2D eigenvalue weighted by Gasteiger charge is 2.14. The average Bonchev–Trinajstić information content (AvgIpc) is 2.49. The van der Waals surface area contributed by atoms with Crippen LogP contribution in [0.4, 0.5) is 17.2 Å². The molecular formula is C15H17N3O3. The molecule has 3 N–H and O–H groups in total. The second-order valence-electron chi connectivity index (χ2n) is 4.42. The van der Waals surface area contributed by atoms with Crippen LogP contribution in [-0.4, -0.2) is 25.2 Å². The molecule has 0 saturated carbocycles. The Morgan fingerprint density at radius 1 is 1.29 bits per heavy atom. The Morgan fingerprint density at radius 3 is 2.67 bits per heavy atom. The van der Waals surface area contributed by atoms with Gasteiger partial charge in [0.1, 0.15) is 5.75 Å². The second-order valence-corrected chi connectivity index (χ2v) is 4.42. The van der Waals surface area contributed by atoms with Crippen molar-refractivity contribution < 1.29 is 14.3 Å². The summed E-state index contributed by atoms with van der Waals surface area (Å²) in [6.07, 6.45) is 1.50. The van der Waals surface area contributed by atoms with Crippen LogP contribution in [0.25, 0.3) is 0 Å². The lowest BCUT2D eigenvalue weighted by Crippen LogP contribution is -2.09. The Bertz CT molecular complexity index is 671. The molecule has 0 aliphatic carbocycles. The molecule has 1 aromatic heterocycles. The summed E-state index contributed by atoms with van der Waals surface area (Å²) in [5.41, 5.74) is 8.25. The number of aryl methyl sites for hydroxylation is 1. The van der Waals surface area contributed by atoms with E-state index in [0.29, 0.717) is 5.82 Å². The summed E-state index contributed by atoms with van der Waals surface area (Å²) in [5.74, 6) is 0.705. The van der Waals surface area contributed by atoms with Crippen molar-refractivity contribution in [2.45, 2.75) is 6.92 Å². The number of nitrogen functional groups attached to an aromatic ring is 1. The first kappa shape index (κ1) is 14.6. The van der Waals surface area contributed by atoms with E-state index in [2.05, 4.69) is 15.0 Å². The molecule has 0 atom stereocenters. The number of ether oxygens (including phenoxy) is 2. The van der Waals surface area contributed by atoms with Gasteiger partial charge in [0.15, 0.2) is 5.82 Å². The van der Waals surface area contributed by atoms with Crippen LogP contribution in [0.15, 0.2) is 30.5 Å². The summed E-state index contributed by atoms with van der Waals surface area (Å²) in [4.78, 5) is 15.8. The number of hydrogen-bond donors (Lipinski definition) is 2. The minimum Gasteiger partial charge on any atom is -0.496 e. The zero-order valence-corrected chi connectivity index (χ0v) is 12.1. The number of carbonyl (C=O) groups is 1. The number of esters is 1. The van der Waals surface area contributed by atoms with Crippen LogP contribution in [0, 0.1) is 6.92 Å². The van der Waals surface area contributed by atoms with Gasteiger partial charge in [-0.25, -0.2) is 9.78 Å². The number of nitrogens with two attached hydrogens (primary N) is 1. The third kappa shape index (κ3) is 3.05. The number of nitrogens with zero attached hydrogens (tertiary/aromatic N) is 1. The Balaban J connectivity index is 2.32. The average molecular weight is 287 g/mol. The maximum Gasteiger partial charge on any atom is 0.340 e. The van der Waals surface area contributed by atoms with Gasteiger partial charge in [-0.3, -0.25) is 0 Å². The number of hydrogen-bond acceptors (Lipinski definition) is 6. The smallest absolute Gasteiger partial charge is 0.340 e. The van der Waals surface area contributed by atoms with Crippen molar-refractivity contribution in [1.82, 2.24) is 4.98 Å². The fourth-order valence-electron chi connectivity index (χ4n) is 1.95. The summed E-state index contributed by atoms with van der Waals surface area (Å²) in [6, 6.07) is 7.12. The number of aromatic nitrogens is 1. The van der Waals surface area contributed by atoms with Crippen molar-refractivity contribution in [3.63, 3.8) is 0 Å². The molecule has 6 heteroatoms. The first-order chi connectivity index (χ1) is 10.1. The number of anilines is 3. The van der Waals surface area contributed by atoms with Crippen molar-refractivity contribution in [3.8, 4) is 5.75 Å². The van der Waals surface area contributed by atoms with E-state index >= 15 is 0 Å². The zero-order chi connectivity index (χ0) is 15.4. The maximum absolute atomic E-state index is 11.6. The minimum absolute atomic E-state index is 0.248. The van der Waals surface area contributed by atoms with Gasteiger partial charge in [0, 0.05) is 11.9 Å². The predicted octanol–water partition coefficient (Wildman–Crippen LogP) is 2.51. The molecule has 1 aromatic carbocycles. The third-order valence-electron chi connectivity index (χ3n) is 3.05. The molecular weight excluding hydrogens is 270 g/mol. The van der Waals surface area contributed by atoms with Crippen LogP contribution >= 0.6 is 0 Å². The van der Waals surface area contributed by atoms with Gasteiger partial charge in [0.2, 0.25) is 0 Å². The quantitative estimate of drug-likeness (QED) is 0.840. The van der Waals surface area contributed by atoms with Gasteiger partial charge in [-0.1, -0.05) is 0 Å². The van der Waals surface area contributed by atoms with Crippen LogP contribution < -0.4 is 15.8 Å². The molecule has 0 saturated heterocycles. The Morgan fingerprint density at radius 2 is 2.05 bits per heavy atom. The summed E-state index contributed by atoms with van der Waals surface area (Å²) in [5, 5.41) is 3.08. The molecule has 1 heterocycles. The highest BCUT2D eigenvalue weighted by atomic mass is 16.5. The lowest BCUT2D eigenvalue weighted by atomic mass is 10.2. The first-order valence-corrected chi connectivity index (χ1v) is 6.31. The number of methoxy groups -OCH3 is 2. The number of pyridine rings is 1. The third-order valence-corrected chi connectivity index (χ3v) is 3.05. The molecule has 0 aliphatic rings. The van der Waals surface area contributed by atoms with E-state index in [9.17, 15) is 4.79 Å². The van der Waals surface area contributed by atoms with E-state index in [1.165, 1.54) is 19.4 Å². The highest BCUT2D eigenvalue weighted by molar-refractivity contribution is 5.97. The van der Waals surface area contributed by atoms with Crippen LogP contribution in [0.3, 0.4) is 0 Å². The molecule has 2 aromatic rings. The van der Waals surface area contributed by atoms with Gasteiger partial charge < -0.3 is 20.5 Å². The van der Waals surface area contributed by atoms with Gasteiger partial charge >= 0.3 is 5.97 Å². The van der Waals surface area contributed by atoms with Crippen LogP contribution in [0.2, 0.25) is 0 Å². The second kappa shape index (κ2) is 6.13. The molecule has 2 rings (SSSR count). The van der Waals surface area contributed by atoms with E-state index in [0.717, 1.165) is 17.0 Å². The summed E-state index contributed by atoms with van der Waals surface area (Å²) in [7, 11) is 2.93. The lowest BCUT2D eigenvalue weighted by molar-refractivity contribution is 0.0602. The molecule has 0 aliphatic heterocycles. The van der Waals surface area contributed by atoms with E-state index in [1.54, 1.807) is 7.11 Å². The maximum atomic E-state index is 11.6. The van der Waals surface area contributed by atoms with Crippen molar-refractivity contribution in [2.24, 2.45) is 0 Å². The van der Waals surface area contributed by atoms with Gasteiger partial charge in [-0.05, 0) is 36.8 Å². The lowest BCUT2D eigenvalue weighted by Gasteiger charge is -2.12. The van der Waals surface area contributed by atoms with E-state index in [-0.39, 0.29) is 11.3 Å². The minimum atomic E-state index is -0.496. The van der Waals surface area contributed by atoms with Crippen LogP contribution in [-0.2, 0) is 4.74 Å². The Kier molecular flexibility index (Phi) is 4.27. The first-order valence-electron chi connectivity index (χ1n) is 6.31. The molecule has 21 heavy (non-hydrogen) atoms. The largest absolute Gasteiger partial charge is 0.496 e. The van der Waals surface area contributed by atoms with E-state index < -0.39 is 5.97 Å². The van der Waals surface area contributed by atoms with Crippen LogP contribution in [0.1, 0.15) is 15.9 Å². The topological polar surface area (TPSA) is 86.5 Å². The van der Waals surface area contributed by atoms with E-state index in [4.69, 9.17) is 10.5 Å². The molecule has 0 unspecified atom stereocenters. The highest BCUT2D eigenvalue weighted by Crippen LogP contribution is 2.27. The fraction of sp³-hybridized carbons (Fsp3) is 0.200. The Hall–Kier alpha value is -2.76.